The summed E-state index contributed by atoms with van der Waals surface area (Å²) in [7, 11) is 0. The molecule has 3 rings (SSSR count). The minimum Gasteiger partial charge on any atom is -0.462 e. The molecular formula is C18H15NO2. The summed E-state index contributed by atoms with van der Waals surface area (Å²) in [6.45, 7) is 2.16. The predicted octanol–water partition coefficient (Wildman–Crippen LogP) is 4.08. The minimum atomic E-state index is -0.317. The molecule has 0 aliphatic rings. The lowest BCUT2D eigenvalue weighted by molar-refractivity contribution is 0.0527. The largest absolute Gasteiger partial charge is 0.462 e. The molecule has 2 aromatic carbocycles. The highest BCUT2D eigenvalue weighted by atomic mass is 16.5. The fraction of sp³-hybridized carbons (Fsp3) is 0.111. The zero-order valence-electron chi connectivity index (χ0n) is 11.7. The number of aromatic nitrogens is 1. The molecule has 3 nitrogen and oxygen atoms in total. The van der Waals surface area contributed by atoms with Gasteiger partial charge in [0.1, 0.15) is 0 Å². The Bertz CT molecular complexity index is 791. The molecule has 3 heteroatoms. The monoisotopic (exact) mass is 277 g/mol. The van der Waals surface area contributed by atoms with Crippen LogP contribution in [0.5, 0.6) is 0 Å². The summed E-state index contributed by atoms with van der Waals surface area (Å²) < 4.78 is 5.14. The smallest absolute Gasteiger partial charge is 0.338 e. The Hall–Kier alpha value is -2.68. The Balaban J connectivity index is 2.22. The van der Waals surface area contributed by atoms with Crippen LogP contribution in [0.2, 0.25) is 0 Å². The second-order valence-electron chi connectivity index (χ2n) is 4.67. The molecular weight excluding hydrogens is 262 g/mol. The van der Waals surface area contributed by atoms with Crippen molar-refractivity contribution in [1.82, 2.24) is 4.98 Å². The molecule has 1 aromatic heterocycles. The van der Waals surface area contributed by atoms with Crippen LogP contribution in [0, 0.1) is 0 Å². The number of pyridine rings is 1. The SMILES string of the molecule is CCOC(=O)c1ccncc1-c1cccc2ccccc12. The summed E-state index contributed by atoms with van der Waals surface area (Å²) in [6, 6.07) is 15.8. The van der Waals surface area contributed by atoms with E-state index in [0.29, 0.717) is 12.2 Å². The van der Waals surface area contributed by atoms with Gasteiger partial charge in [-0.05, 0) is 29.3 Å². The lowest BCUT2D eigenvalue weighted by atomic mass is 9.96. The normalized spacial score (nSPS) is 10.5. The molecule has 0 unspecified atom stereocenters. The highest BCUT2D eigenvalue weighted by Gasteiger charge is 2.15. The molecule has 0 fully saturated rings. The number of carbonyl (C=O) groups is 1. The van der Waals surface area contributed by atoms with E-state index in [2.05, 4.69) is 17.1 Å². The average Bonchev–Trinajstić information content (AvgIpc) is 2.54. The maximum atomic E-state index is 12.1. The number of fused-ring (bicyclic) bond motifs is 1. The van der Waals surface area contributed by atoms with Gasteiger partial charge in [0.25, 0.3) is 0 Å². The van der Waals surface area contributed by atoms with Gasteiger partial charge in [-0.2, -0.15) is 0 Å². The number of hydrogen-bond acceptors (Lipinski definition) is 3. The molecule has 0 aliphatic heterocycles. The van der Waals surface area contributed by atoms with Crippen LogP contribution in [0.4, 0.5) is 0 Å². The number of ether oxygens (including phenoxy) is 1. The van der Waals surface area contributed by atoms with Gasteiger partial charge in [-0.15, -0.1) is 0 Å². The first kappa shape index (κ1) is 13.3. The van der Waals surface area contributed by atoms with E-state index in [1.807, 2.05) is 30.3 Å². The standard InChI is InChI=1S/C18H15NO2/c1-2-21-18(20)16-10-11-19-12-17(16)15-9-5-7-13-6-3-4-8-14(13)15/h3-12H,2H2,1H3. The lowest BCUT2D eigenvalue weighted by Crippen LogP contribution is -2.06. The van der Waals surface area contributed by atoms with Gasteiger partial charge < -0.3 is 4.74 Å². The first-order valence-electron chi connectivity index (χ1n) is 6.90. The van der Waals surface area contributed by atoms with E-state index in [0.717, 1.165) is 21.9 Å². The first-order chi connectivity index (χ1) is 10.3. The van der Waals surface area contributed by atoms with Gasteiger partial charge in [0, 0.05) is 18.0 Å². The zero-order chi connectivity index (χ0) is 14.7. The van der Waals surface area contributed by atoms with E-state index < -0.39 is 0 Å². The predicted molar refractivity (Wildman–Crippen MR) is 83.1 cm³/mol. The topological polar surface area (TPSA) is 39.2 Å². The number of nitrogens with zero attached hydrogens (tertiary/aromatic N) is 1. The maximum absolute atomic E-state index is 12.1. The second-order valence-corrected chi connectivity index (χ2v) is 4.67. The Morgan fingerprint density at radius 1 is 1.05 bits per heavy atom. The van der Waals surface area contributed by atoms with Gasteiger partial charge in [-0.3, -0.25) is 4.98 Å². The van der Waals surface area contributed by atoms with Crippen LogP contribution in [0.1, 0.15) is 17.3 Å². The third kappa shape index (κ3) is 2.50. The summed E-state index contributed by atoms with van der Waals surface area (Å²) in [4.78, 5) is 16.3. The van der Waals surface area contributed by atoms with Gasteiger partial charge in [-0.1, -0.05) is 42.5 Å². The highest BCUT2D eigenvalue weighted by Crippen LogP contribution is 2.30. The van der Waals surface area contributed by atoms with E-state index in [4.69, 9.17) is 4.74 Å². The van der Waals surface area contributed by atoms with Gasteiger partial charge in [0.05, 0.1) is 12.2 Å². The number of rotatable bonds is 3. The Morgan fingerprint density at radius 3 is 2.71 bits per heavy atom. The Labute approximate surface area is 123 Å². The van der Waals surface area contributed by atoms with Gasteiger partial charge >= 0.3 is 5.97 Å². The van der Waals surface area contributed by atoms with Crippen LogP contribution in [0.3, 0.4) is 0 Å². The van der Waals surface area contributed by atoms with Crippen molar-refractivity contribution in [2.75, 3.05) is 6.61 Å². The molecule has 0 saturated heterocycles. The number of hydrogen-bond donors (Lipinski definition) is 0. The van der Waals surface area contributed by atoms with Crippen molar-refractivity contribution in [3.8, 4) is 11.1 Å². The van der Waals surface area contributed by atoms with Crippen molar-refractivity contribution in [2.45, 2.75) is 6.92 Å². The second kappa shape index (κ2) is 5.75. The molecule has 0 spiro atoms. The molecule has 0 N–H and O–H groups in total. The minimum absolute atomic E-state index is 0.317. The van der Waals surface area contributed by atoms with E-state index in [1.54, 1.807) is 25.4 Å². The van der Waals surface area contributed by atoms with Crippen molar-refractivity contribution in [3.05, 3.63) is 66.5 Å². The molecule has 0 radical (unpaired) electrons. The zero-order valence-corrected chi connectivity index (χ0v) is 11.7. The molecule has 3 aromatic rings. The molecule has 0 atom stereocenters. The summed E-state index contributed by atoms with van der Waals surface area (Å²) in [6.07, 6.45) is 3.33. The number of carbonyl (C=O) groups excluding carboxylic acids is 1. The summed E-state index contributed by atoms with van der Waals surface area (Å²) >= 11 is 0. The summed E-state index contributed by atoms with van der Waals surface area (Å²) in [5, 5.41) is 2.23. The van der Waals surface area contributed by atoms with Crippen LogP contribution in [-0.2, 0) is 4.74 Å². The van der Waals surface area contributed by atoms with Gasteiger partial charge in [0.2, 0.25) is 0 Å². The third-order valence-corrected chi connectivity index (χ3v) is 3.40. The van der Waals surface area contributed by atoms with Crippen LogP contribution >= 0.6 is 0 Å². The number of benzene rings is 2. The van der Waals surface area contributed by atoms with Crippen molar-refractivity contribution in [3.63, 3.8) is 0 Å². The molecule has 0 aliphatic carbocycles. The highest BCUT2D eigenvalue weighted by molar-refractivity contribution is 6.03. The van der Waals surface area contributed by atoms with Gasteiger partial charge in [-0.25, -0.2) is 4.79 Å². The lowest BCUT2D eigenvalue weighted by Gasteiger charge is -2.11. The average molecular weight is 277 g/mol. The summed E-state index contributed by atoms with van der Waals surface area (Å²) in [5.41, 5.74) is 2.33. The van der Waals surface area contributed by atoms with E-state index in [9.17, 15) is 4.79 Å². The van der Waals surface area contributed by atoms with E-state index in [-0.39, 0.29) is 5.97 Å². The van der Waals surface area contributed by atoms with E-state index in [1.165, 1.54) is 0 Å². The quantitative estimate of drug-likeness (QED) is 0.677. The maximum Gasteiger partial charge on any atom is 0.338 e. The van der Waals surface area contributed by atoms with Crippen molar-refractivity contribution in [1.29, 1.82) is 0 Å². The molecule has 0 saturated carbocycles. The molecule has 104 valence electrons. The van der Waals surface area contributed by atoms with Crippen LogP contribution < -0.4 is 0 Å². The molecule has 0 bridgehead atoms. The van der Waals surface area contributed by atoms with Gasteiger partial charge in [0.15, 0.2) is 0 Å². The molecule has 21 heavy (non-hydrogen) atoms. The van der Waals surface area contributed by atoms with Crippen molar-refractivity contribution >= 4 is 16.7 Å². The summed E-state index contributed by atoms with van der Waals surface area (Å²) in [5.74, 6) is -0.317. The van der Waals surface area contributed by atoms with Crippen LogP contribution in [0.25, 0.3) is 21.9 Å². The Kier molecular flexibility index (Phi) is 3.65. The van der Waals surface area contributed by atoms with Crippen LogP contribution in [0.15, 0.2) is 60.9 Å². The molecule has 1 heterocycles. The first-order valence-corrected chi connectivity index (χ1v) is 6.90. The fourth-order valence-electron chi connectivity index (χ4n) is 2.46. The van der Waals surface area contributed by atoms with Crippen molar-refractivity contribution in [2.24, 2.45) is 0 Å². The van der Waals surface area contributed by atoms with E-state index >= 15 is 0 Å². The molecule has 0 amide bonds. The Morgan fingerprint density at radius 2 is 1.86 bits per heavy atom. The van der Waals surface area contributed by atoms with Crippen LogP contribution in [-0.4, -0.2) is 17.6 Å². The fourth-order valence-corrected chi connectivity index (χ4v) is 2.46. The van der Waals surface area contributed by atoms with Crippen molar-refractivity contribution < 1.29 is 9.53 Å². The third-order valence-electron chi connectivity index (χ3n) is 3.40. The number of esters is 1.